The van der Waals surface area contributed by atoms with Crippen molar-refractivity contribution in [1.82, 2.24) is 0 Å². The fourth-order valence-electron chi connectivity index (χ4n) is 2.39. The quantitative estimate of drug-likeness (QED) is 0.339. The van der Waals surface area contributed by atoms with Crippen molar-refractivity contribution in [3.05, 3.63) is 47.5 Å². The highest BCUT2D eigenvalue weighted by Gasteiger charge is 2.41. The van der Waals surface area contributed by atoms with Crippen molar-refractivity contribution in [3.8, 4) is 11.5 Å². The van der Waals surface area contributed by atoms with Crippen LogP contribution in [0.5, 0.6) is 11.5 Å². The summed E-state index contributed by atoms with van der Waals surface area (Å²) >= 11 is 5.19. The first-order chi connectivity index (χ1) is 14.8. The number of ether oxygens (including phenoxy) is 2. The van der Waals surface area contributed by atoms with Crippen molar-refractivity contribution >= 4 is 28.7 Å². The van der Waals surface area contributed by atoms with Crippen LogP contribution in [0, 0.1) is 13.8 Å². The highest BCUT2D eigenvalue weighted by atomic mass is 32.1. The van der Waals surface area contributed by atoms with E-state index in [0.29, 0.717) is 5.69 Å². The molecule has 0 aliphatic carbocycles. The van der Waals surface area contributed by atoms with Gasteiger partial charge in [-0.25, -0.2) is 8.78 Å². The van der Waals surface area contributed by atoms with Gasteiger partial charge in [-0.1, -0.05) is 12.1 Å². The average molecular weight is 484 g/mol. The molecule has 0 radical (unpaired) electrons. The van der Waals surface area contributed by atoms with E-state index in [1.807, 2.05) is 19.9 Å². The molecule has 0 fully saturated rings. The first kappa shape index (κ1) is 25.5. The largest absolute Gasteiger partial charge is 0.487 e. The number of halogens is 7. The minimum Gasteiger partial charge on any atom is -0.487 e. The first-order valence-electron chi connectivity index (χ1n) is 9.04. The van der Waals surface area contributed by atoms with E-state index in [-0.39, 0.29) is 10.8 Å². The van der Waals surface area contributed by atoms with Gasteiger partial charge >= 0.3 is 18.5 Å². The number of aryl methyl sites for hydroxylation is 1. The SMILES string of the molecule is Cc1cccc(NC(=S)Nc2cc(OCC(F)(F)F)cc(OCC(F)(F)C(F)F)c2)c1C. The molecule has 2 N–H and O–H groups in total. The summed E-state index contributed by atoms with van der Waals surface area (Å²) in [6, 6.07) is 8.53. The first-order valence-corrected chi connectivity index (χ1v) is 9.45. The highest BCUT2D eigenvalue weighted by Crippen LogP contribution is 2.30. The number of thiocarbonyl (C=S) groups is 1. The molecule has 0 amide bonds. The summed E-state index contributed by atoms with van der Waals surface area (Å²) in [5.74, 6) is -5.25. The van der Waals surface area contributed by atoms with Gasteiger partial charge in [-0.2, -0.15) is 22.0 Å². The summed E-state index contributed by atoms with van der Waals surface area (Å²) in [5.41, 5.74) is 2.58. The molecule has 0 heterocycles. The van der Waals surface area contributed by atoms with E-state index < -0.39 is 43.2 Å². The van der Waals surface area contributed by atoms with Crippen LogP contribution in [0.3, 0.4) is 0 Å². The summed E-state index contributed by atoms with van der Waals surface area (Å²) < 4.78 is 97.7. The third-order valence-electron chi connectivity index (χ3n) is 4.14. The maximum Gasteiger partial charge on any atom is 0.422 e. The van der Waals surface area contributed by atoms with Crippen LogP contribution in [0.2, 0.25) is 0 Å². The normalized spacial score (nSPS) is 11.9. The van der Waals surface area contributed by atoms with Crippen molar-refractivity contribution in [2.75, 3.05) is 23.8 Å². The van der Waals surface area contributed by atoms with E-state index >= 15 is 0 Å². The van der Waals surface area contributed by atoms with E-state index in [0.717, 1.165) is 29.3 Å². The second-order valence-corrected chi connectivity index (χ2v) is 7.18. The number of nitrogens with one attached hydrogen (secondary N) is 2. The molecule has 32 heavy (non-hydrogen) atoms. The minimum absolute atomic E-state index is 0.0304. The van der Waals surface area contributed by atoms with Crippen molar-refractivity contribution in [2.45, 2.75) is 32.4 Å². The van der Waals surface area contributed by atoms with Crippen LogP contribution in [-0.2, 0) is 0 Å². The molecule has 0 bridgehead atoms. The lowest BCUT2D eigenvalue weighted by atomic mass is 10.1. The molecule has 0 saturated heterocycles. The molecule has 2 aromatic rings. The Balaban J connectivity index is 2.21. The maximum atomic E-state index is 13.2. The molecule has 0 aliphatic heterocycles. The fourth-order valence-corrected chi connectivity index (χ4v) is 2.62. The van der Waals surface area contributed by atoms with E-state index in [4.69, 9.17) is 12.2 Å². The zero-order valence-electron chi connectivity index (χ0n) is 16.8. The third-order valence-corrected chi connectivity index (χ3v) is 4.35. The molecule has 0 aliphatic rings. The summed E-state index contributed by atoms with van der Waals surface area (Å²) in [5, 5.41) is 5.62. The van der Waals surface area contributed by atoms with Gasteiger partial charge in [0.1, 0.15) is 11.5 Å². The number of benzene rings is 2. The molecule has 2 rings (SSSR count). The van der Waals surface area contributed by atoms with Crippen molar-refractivity contribution < 1.29 is 40.2 Å². The van der Waals surface area contributed by atoms with Crippen molar-refractivity contribution in [3.63, 3.8) is 0 Å². The standard InChI is InChI=1S/C20H19F7N2O2S/c1-11-4-3-5-16(12(11)2)29-18(32)28-13-6-14(30-9-19(23,24)17(21)22)8-15(7-13)31-10-20(25,26)27/h3-8,17H,9-10H2,1-2H3,(H2,28,29,32). The number of alkyl halides is 7. The summed E-state index contributed by atoms with van der Waals surface area (Å²) in [7, 11) is 0. The summed E-state index contributed by atoms with van der Waals surface area (Å²) in [6.07, 6.45) is -8.63. The van der Waals surface area contributed by atoms with Gasteiger partial charge in [-0.3, -0.25) is 0 Å². The maximum absolute atomic E-state index is 13.2. The second kappa shape index (κ2) is 10.2. The van der Waals surface area contributed by atoms with Crippen LogP contribution in [0.25, 0.3) is 0 Å². The lowest BCUT2D eigenvalue weighted by Gasteiger charge is -2.18. The molecule has 0 atom stereocenters. The van der Waals surface area contributed by atoms with Gasteiger partial charge in [0.05, 0.1) is 0 Å². The molecule has 2 aromatic carbocycles. The Morgan fingerprint density at radius 1 is 0.938 bits per heavy atom. The Bertz CT molecular complexity index is 952. The predicted octanol–water partition coefficient (Wildman–Crippen LogP) is 6.33. The second-order valence-electron chi connectivity index (χ2n) is 6.77. The van der Waals surface area contributed by atoms with Gasteiger partial charge < -0.3 is 20.1 Å². The Labute approximate surface area is 184 Å². The summed E-state index contributed by atoms with van der Waals surface area (Å²) in [4.78, 5) is 0. The molecule has 0 saturated carbocycles. The molecular weight excluding hydrogens is 465 g/mol. The van der Waals surface area contributed by atoms with Gasteiger partial charge in [0.15, 0.2) is 18.3 Å². The topological polar surface area (TPSA) is 42.5 Å². The average Bonchev–Trinajstić information content (AvgIpc) is 2.68. The van der Waals surface area contributed by atoms with Gasteiger partial charge in [-0.15, -0.1) is 0 Å². The van der Waals surface area contributed by atoms with E-state index in [1.165, 1.54) is 0 Å². The number of rotatable bonds is 8. The Morgan fingerprint density at radius 3 is 2.09 bits per heavy atom. The molecule has 0 aromatic heterocycles. The van der Waals surface area contributed by atoms with Gasteiger partial charge in [-0.05, 0) is 43.3 Å². The van der Waals surface area contributed by atoms with Gasteiger partial charge in [0.25, 0.3) is 0 Å². The molecule has 176 valence electrons. The minimum atomic E-state index is -4.66. The smallest absolute Gasteiger partial charge is 0.422 e. The lowest BCUT2D eigenvalue weighted by molar-refractivity contribution is -0.153. The van der Waals surface area contributed by atoms with Crippen LogP contribution < -0.4 is 20.1 Å². The lowest BCUT2D eigenvalue weighted by Crippen LogP contribution is -2.33. The molecule has 0 unspecified atom stereocenters. The third kappa shape index (κ3) is 7.74. The van der Waals surface area contributed by atoms with E-state index in [2.05, 4.69) is 20.1 Å². The van der Waals surface area contributed by atoms with Crippen LogP contribution >= 0.6 is 12.2 Å². The number of anilines is 2. The number of hydrogen-bond acceptors (Lipinski definition) is 3. The van der Waals surface area contributed by atoms with Crippen molar-refractivity contribution in [1.29, 1.82) is 0 Å². The van der Waals surface area contributed by atoms with Crippen LogP contribution in [0.15, 0.2) is 36.4 Å². The molecule has 4 nitrogen and oxygen atoms in total. The van der Waals surface area contributed by atoms with Crippen molar-refractivity contribution in [2.24, 2.45) is 0 Å². The van der Waals surface area contributed by atoms with Gasteiger partial charge in [0, 0.05) is 29.6 Å². The summed E-state index contributed by atoms with van der Waals surface area (Å²) in [6.45, 7) is 0.393. The Hall–Kier alpha value is -2.76. The van der Waals surface area contributed by atoms with Crippen LogP contribution in [-0.4, -0.2) is 36.9 Å². The zero-order valence-corrected chi connectivity index (χ0v) is 17.6. The van der Waals surface area contributed by atoms with E-state index in [9.17, 15) is 30.7 Å². The van der Waals surface area contributed by atoms with Gasteiger partial charge in [0.2, 0.25) is 0 Å². The zero-order chi connectivity index (χ0) is 24.1. The highest BCUT2D eigenvalue weighted by molar-refractivity contribution is 7.80. The van der Waals surface area contributed by atoms with Crippen LogP contribution in [0.1, 0.15) is 11.1 Å². The molecular formula is C20H19F7N2O2S. The number of hydrogen-bond donors (Lipinski definition) is 2. The van der Waals surface area contributed by atoms with Crippen LogP contribution in [0.4, 0.5) is 42.1 Å². The molecule has 0 spiro atoms. The Kier molecular flexibility index (Phi) is 8.16. The monoisotopic (exact) mass is 484 g/mol. The molecule has 12 heteroatoms. The predicted molar refractivity (Wildman–Crippen MR) is 110 cm³/mol. The fraction of sp³-hybridized carbons (Fsp3) is 0.350. The van der Waals surface area contributed by atoms with E-state index in [1.54, 1.807) is 12.1 Å². The Morgan fingerprint density at radius 2 is 1.53 bits per heavy atom.